The van der Waals surface area contributed by atoms with Crippen LogP contribution in [0.4, 0.5) is 0 Å². The number of nitrogens with zero attached hydrogens (tertiary/aromatic N) is 3. The molecule has 0 bridgehead atoms. The van der Waals surface area contributed by atoms with Crippen LogP contribution in [-0.4, -0.2) is 60.1 Å². The molecule has 0 radical (unpaired) electrons. The summed E-state index contributed by atoms with van der Waals surface area (Å²) in [5, 5.41) is 14.3. The number of hydrogen-bond donors (Lipinski definition) is 2. The molecule has 2 aliphatic rings. The second kappa shape index (κ2) is 13.3. The molecular weight excluding hydrogens is 604 g/mol. The van der Waals surface area contributed by atoms with Gasteiger partial charge in [-0.05, 0) is 58.9 Å². The van der Waals surface area contributed by atoms with E-state index >= 15 is 0 Å². The summed E-state index contributed by atoms with van der Waals surface area (Å²) in [6.07, 6.45) is 5.31. The quantitative estimate of drug-likeness (QED) is 0.260. The number of benzene rings is 1. The van der Waals surface area contributed by atoms with E-state index in [9.17, 15) is 18.3 Å². The van der Waals surface area contributed by atoms with Crippen molar-refractivity contribution >= 4 is 16.0 Å². The van der Waals surface area contributed by atoms with Crippen molar-refractivity contribution in [1.82, 2.24) is 19.6 Å². The maximum Gasteiger partial charge on any atom is 0.322 e. The van der Waals surface area contributed by atoms with Gasteiger partial charge < -0.3 is 19.9 Å². The number of carbonyl (C=O) groups is 1. The number of sulfonamides is 1. The van der Waals surface area contributed by atoms with Crippen LogP contribution in [-0.2, 0) is 21.4 Å². The predicted molar refractivity (Wildman–Crippen MR) is 175 cm³/mol. The predicted octanol–water partition coefficient (Wildman–Crippen LogP) is 5.90. The molecule has 3 aromatic rings. The lowest BCUT2D eigenvalue weighted by Crippen LogP contribution is -2.48. The third kappa shape index (κ3) is 6.37. The number of aromatic nitrogens is 2. The van der Waals surface area contributed by atoms with Crippen molar-refractivity contribution in [1.29, 1.82) is 0 Å². The molecular formula is C35H46N4O6S. The third-order valence-corrected chi connectivity index (χ3v) is 11.3. The first-order chi connectivity index (χ1) is 21.8. The molecule has 10 nitrogen and oxygen atoms in total. The van der Waals surface area contributed by atoms with Gasteiger partial charge >= 0.3 is 5.97 Å². The summed E-state index contributed by atoms with van der Waals surface area (Å²) in [4.78, 5) is 22.2. The van der Waals surface area contributed by atoms with Crippen LogP contribution in [0.25, 0.3) is 0 Å². The molecule has 2 N–H and O–H groups in total. The summed E-state index contributed by atoms with van der Waals surface area (Å²) < 4.78 is 41.5. The van der Waals surface area contributed by atoms with E-state index in [1.54, 1.807) is 19.2 Å². The van der Waals surface area contributed by atoms with E-state index < -0.39 is 45.5 Å². The van der Waals surface area contributed by atoms with E-state index in [2.05, 4.69) is 35.2 Å². The second-order valence-electron chi connectivity index (χ2n) is 13.7. The van der Waals surface area contributed by atoms with Crippen LogP contribution in [0.1, 0.15) is 94.0 Å². The Labute approximate surface area is 272 Å². The van der Waals surface area contributed by atoms with Gasteiger partial charge in [-0.3, -0.25) is 4.79 Å². The van der Waals surface area contributed by atoms with Crippen LogP contribution in [0, 0.1) is 11.3 Å². The lowest BCUT2D eigenvalue weighted by atomic mass is 9.72. The Morgan fingerprint density at radius 2 is 1.80 bits per heavy atom. The number of nitrogens with one attached hydrogen (secondary N) is 1. The molecule has 0 amide bonds. The Bertz CT molecular complexity index is 1670. The van der Waals surface area contributed by atoms with E-state index in [0.717, 1.165) is 35.1 Å². The van der Waals surface area contributed by atoms with Crippen molar-refractivity contribution in [3.8, 4) is 11.8 Å². The number of carboxylic acids is 1. The lowest BCUT2D eigenvalue weighted by Gasteiger charge is -2.36. The maximum absolute atomic E-state index is 14.7. The minimum atomic E-state index is -4.46. The highest BCUT2D eigenvalue weighted by molar-refractivity contribution is 7.89. The number of hydrogen-bond acceptors (Lipinski definition) is 8. The third-order valence-electron chi connectivity index (χ3n) is 9.50. The fraction of sp³-hybridized carbons (Fsp3) is 0.514. The molecule has 2 aromatic heterocycles. The monoisotopic (exact) mass is 650 g/mol. The first-order valence-corrected chi connectivity index (χ1v) is 17.4. The van der Waals surface area contributed by atoms with E-state index in [4.69, 9.17) is 9.47 Å². The van der Waals surface area contributed by atoms with E-state index in [1.807, 2.05) is 51.2 Å². The van der Waals surface area contributed by atoms with Crippen molar-refractivity contribution in [2.45, 2.75) is 95.4 Å². The topological polar surface area (TPSA) is 131 Å². The smallest absolute Gasteiger partial charge is 0.322 e. The van der Waals surface area contributed by atoms with Gasteiger partial charge in [-0.25, -0.2) is 18.4 Å². The Morgan fingerprint density at radius 3 is 2.39 bits per heavy atom. The van der Waals surface area contributed by atoms with Gasteiger partial charge in [-0.2, -0.15) is 4.31 Å². The molecule has 1 saturated carbocycles. The minimum Gasteiger partial charge on any atom is -0.481 e. The van der Waals surface area contributed by atoms with E-state index in [-0.39, 0.29) is 16.8 Å². The first kappa shape index (κ1) is 33.8. The molecule has 3 heterocycles. The molecule has 0 spiro atoms. The van der Waals surface area contributed by atoms with Crippen molar-refractivity contribution < 1.29 is 27.8 Å². The molecule has 248 valence electrons. The highest BCUT2D eigenvalue weighted by Gasteiger charge is 2.61. The number of methoxy groups -OCH3 is 2. The normalized spacial score (nSPS) is 22.5. The van der Waals surface area contributed by atoms with E-state index in [0.29, 0.717) is 18.3 Å². The fourth-order valence-corrected chi connectivity index (χ4v) is 8.85. The van der Waals surface area contributed by atoms with Crippen LogP contribution in [0.3, 0.4) is 0 Å². The number of aliphatic carboxylic acids is 1. The zero-order valence-electron chi connectivity index (χ0n) is 27.7. The number of carboxylic acid groups (broad SMARTS) is 1. The SMILES string of the molecule is COc1cccc(S(=O)(=O)N2[C@H](C(=O)O)[C@@H](C(C)(C)C)[C@H](NCc3cc(C4CCC4)cnc3OC)[C@@H]2c2ccccc2C(C)C)n1. The van der Waals surface area contributed by atoms with Crippen LogP contribution < -0.4 is 14.8 Å². The van der Waals surface area contributed by atoms with Gasteiger partial charge in [0.15, 0.2) is 5.03 Å². The van der Waals surface area contributed by atoms with E-state index in [1.165, 1.54) is 23.9 Å². The minimum absolute atomic E-state index is 0.0526. The van der Waals surface area contributed by atoms with Crippen molar-refractivity contribution in [3.63, 3.8) is 0 Å². The maximum atomic E-state index is 14.7. The molecule has 11 heteroatoms. The van der Waals surface area contributed by atoms with Gasteiger partial charge in [0.1, 0.15) is 6.04 Å². The molecule has 1 aliphatic heterocycles. The lowest BCUT2D eigenvalue weighted by molar-refractivity contribution is -0.143. The van der Waals surface area contributed by atoms with Crippen molar-refractivity contribution in [2.75, 3.05) is 14.2 Å². The number of rotatable bonds is 11. The first-order valence-electron chi connectivity index (χ1n) is 15.9. The molecule has 1 aliphatic carbocycles. The average Bonchev–Trinajstić information content (AvgIpc) is 3.36. The molecule has 1 saturated heterocycles. The molecule has 5 rings (SSSR count). The summed E-state index contributed by atoms with van der Waals surface area (Å²) >= 11 is 0. The summed E-state index contributed by atoms with van der Waals surface area (Å²) in [5.41, 5.74) is 3.09. The van der Waals surface area contributed by atoms with Crippen LogP contribution in [0.5, 0.6) is 11.8 Å². The van der Waals surface area contributed by atoms with Gasteiger partial charge in [-0.1, -0.05) is 71.4 Å². The Balaban J connectivity index is 1.70. The highest BCUT2D eigenvalue weighted by atomic mass is 32.2. The number of pyridine rings is 2. The van der Waals surface area contributed by atoms with Crippen molar-refractivity contribution in [3.05, 3.63) is 77.0 Å². The van der Waals surface area contributed by atoms with Crippen LogP contribution in [0.15, 0.2) is 59.8 Å². The highest BCUT2D eigenvalue weighted by Crippen LogP contribution is 2.51. The summed E-state index contributed by atoms with van der Waals surface area (Å²) in [6.45, 7) is 10.3. The van der Waals surface area contributed by atoms with Crippen LogP contribution in [0.2, 0.25) is 0 Å². The molecule has 0 unspecified atom stereocenters. The Hall–Kier alpha value is -3.54. The zero-order valence-corrected chi connectivity index (χ0v) is 28.5. The van der Waals surface area contributed by atoms with Crippen LogP contribution >= 0.6 is 0 Å². The van der Waals surface area contributed by atoms with Gasteiger partial charge in [0.2, 0.25) is 11.8 Å². The summed E-state index contributed by atoms with van der Waals surface area (Å²) in [6, 6.07) is 11.5. The standard InChI is InChI=1S/C35H46N4O6S/c1-21(2)25-14-8-9-15-26(25)31-30(36-20-24-18-23(22-12-10-13-22)19-37-33(24)45-7)29(35(3,4)5)32(34(40)41)39(31)46(42,43)28-17-11-16-27(38-28)44-6/h8-9,11,14-19,21-22,29-32,36H,10,12-13,20H2,1-7H3,(H,40,41)/t29-,30-,31-,32-/m0/s1. The molecule has 46 heavy (non-hydrogen) atoms. The van der Waals surface area contributed by atoms with Crippen molar-refractivity contribution in [2.24, 2.45) is 11.3 Å². The van der Waals surface area contributed by atoms with Gasteiger partial charge in [0.25, 0.3) is 10.0 Å². The van der Waals surface area contributed by atoms with Gasteiger partial charge in [0, 0.05) is 36.3 Å². The Kier molecular flexibility index (Phi) is 9.77. The fourth-order valence-electron chi connectivity index (χ4n) is 7.11. The Morgan fingerprint density at radius 1 is 1.09 bits per heavy atom. The average molecular weight is 651 g/mol. The molecule has 4 atom stereocenters. The second-order valence-corrected chi connectivity index (χ2v) is 15.5. The zero-order chi connectivity index (χ0) is 33.4. The molecule has 2 fully saturated rings. The van der Waals surface area contributed by atoms with Gasteiger partial charge in [0.05, 0.1) is 20.3 Å². The largest absolute Gasteiger partial charge is 0.481 e. The molecule has 1 aromatic carbocycles. The number of ether oxygens (including phenoxy) is 2. The summed E-state index contributed by atoms with van der Waals surface area (Å²) in [5.74, 6) is -0.724. The summed E-state index contributed by atoms with van der Waals surface area (Å²) in [7, 11) is -1.46. The van der Waals surface area contributed by atoms with Gasteiger partial charge in [-0.15, -0.1) is 0 Å².